The number of nitrogens with one attached hydrogen (secondary N) is 1. The minimum absolute atomic E-state index is 0.0987. The number of carbonyl (C=O) groups is 1. The van der Waals surface area contributed by atoms with Crippen molar-refractivity contribution < 1.29 is 17.9 Å². The summed E-state index contributed by atoms with van der Waals surface area (Å²) in [6.07, 6.45) is 3.75. The lowest BCUT2D eigenvalue weighted by molar-refractivity contribution is 0.0526. The maximum absolute atomic E-state index is 13.3. The molecule has 2 heterocycles. The van der Waals surface area contributed by atoms with Crippen molar-refractivity contribution in [3.8, 4) is 11.1 Å². The predicted octanol–water partition coefficient (Wildman–Crippen LogP) is 4.58. The van der Waals surface area contributed by atoms with Gasteiger partial charge in [0.25, 0.3) is 0 Å². The third-order valence-corrected chi connectivity index (χ3v) is 7.83. The van der Waals surface area contributed by atoms with Crippen molar-refractivity contribution in [3.63, 3.8) is 0 Å². The fraction of sp³-hybridized carbons (Fsp3) is 0.308. The lowest BCUT2D eigenvalue weighted by atomic mass is 10.1. The second kappa shape index (κ2) is 10.8. The number of ether oxygens (including phenoxy) is 1. The number of rotatable bonds is 7. The van der Waals surface area contributed by atoms with Crippen LogP contribution in [0.2, 0.25) is 0 Å². The van der Waals surface area contributed by atoms with Gasteiger partial charge in [0.15, 0.2) is 0 Å². The van der Waals surface area contributed by atoms with Crippen LogP contribution in [0.25, 0.3) is 11.1 Å². The van der Waals surface area contributed by atoms with Crippen LogP contribution < -0.4 is 5.32 Å². The highest BCUT2D eigenvalue weighted by molar-refractivity contribution is 7.89. The van der Waals surface area contributed by atoms with Crippen molar-refractivity contribution in [2.24, 2.45) is 0 Å². The second-order valence-electron chi connectivity index (χ2n) is 8.22. The molecule has 0 bridgehead atoms. The standard InChI is InChI=1S/C26H29N3O4S/c1-2-33-26(30)22-12-15-25(27-19-22)28-23-9-6-17-29(18-16-23)34(31,32)24-13-10-21(11-14-24)20-7-4-3-5-8-20/h3-5,7-8,10-15,19,23H,2,6,9,16-18H2,1H3,(H,27,28). The predicted molar refractivity (Wildman–Crippen MR) is 132 cm³/mol. The van der Waals surface area contributed by atoms with Crippen LogP contribution in [-0.2, 0) is 14.8 Å². The molecule has 0 amide bonds. The average Bonchev–Trinajstić information content (AvgIpc) is 3.11. The Morgan fingerprint density at radius 2 is 1.74 bits per heavy atom. The molecule has 0 radical (unpaired) electrons. The smallest absolute Gasteiger partial charge is 0.339 e. The van der Waals surface area contributed by atoms with Gasteiger partial charge in [0, 0.05) is 25.3 Å². The van der Waals surface area contributed by atoms with Crippen molar-refractivity contribution in [1.82, 2.24) is 9.29 Å². The van der Waals surface area contributed by atoms with Gasteiger partial charge in [0.1, 0.15) is 5.82 Å². The fourth-order valence-corrected chi connectivity index (χ4v) is 5.57. The molecule has 0 saturated carbocycles. The van der Waals surface area contributed by atoms with Gasteiger partial charge in [-0.05, 0) is 61.6 Å². The lowest BCUT2D eigenvalue weighted by Crippen LogP contribution is -2.32. The average molecular weight is 480 g/mol. The summed E-state index contributed by atoms with van der Waals surface area (Å²) in [5.74, 6) is 0.263. The van der Waals surface area contributed by atoms with Crippen LogP contribution in [0.3, 0.4) is 0 Å². The van der Waals surface area contributed by atoms with Crippen molar-refractivity contribution >= 4 is 21.8 Å². The van der Waals surface area contributed by atoms with Gasteiger partial charge < -0.3 is 10.1 Å². The molecule has 7 nitrogen and oxygen atoms in total. The zero-order chi connectivity index (χ0) is 24.0. The molecule has 178 valence electrons. The number of pyridine rings is 1. The number of hydrogen-bond donors (Lipinski definition) is 1. The van der Waals surface area contributed by atoms with Crippen molar-refractivity contribution in [2.45, 2.75) is 37.1 Å². The van der Waals surface area contributed by atoms with E-state index in [1.165, 1.54) is 6.20 Å². The van der Waals surface area contributed by atoms with Crippen molar-refractivity contribution in [2.75, 3.05) is 25.0 Å². The maximum Gasteiger partial charge on any atom is 0.339 e. The molecule has 1 unspecified atom stereocenters. The molecule has 2 aromatic carbocycles. The Kier molecular flexibility index (Phi) is 7.59. The first-order valence-electron chi connectivity index (χ1n) is 11.5. The highest BCUT2D eigenvalue weighted by Gasteiger charge is 2.27. The van der Waals surface area contributed by atoms with E-state index >= 15 is 0 Å². The number of aromatic nitrogens is 1. The number of nitrogens with zero attached hydrogens (tertiary/aromatic N) is 2. The van der Waals surface area contributed by atoms with E-state index in [4.69, 9.17) is 4.74 Å². The Hall–Kier alpha value is -3.23. The van der Waals surface area contributed by atoms with Crippen LogP contribution in [0, 0.1) is 0 Å². The third kappa shape index (κ3) is 5.63. The Morgan fingerprint density at radius 3 is 2.41 bits per heavy atom. The van der Waals surface area contributed by atoms with Crippen LogP contribution in [0.1, 0.15) is 36.5 Å². The summed E-state index contributed by atoms with van der Waals surface area (Å²) in [6.45, 7) is 2.99. The molecule has 1 atom stereocenters. The zero-order valence-electron chi connectivity index (χ0n) is 19.2. The molecular formula is C26H29N3O4S. The summed E-state index contributed by atoms with van der Waals surface area (Å²) in [5.41, 5.74) is 2.45. The molecule has 0 spiro atoms. The van der Waals surface area contributed by atoms with Crippen LogP contribution in [0.15, 0.2) is 77.8 Å². The number of sulfonamides is 1. The lowest BCUT2D eigenvalue weighted by Gasteiger charge is -2.21. The van der Waals surface area contributed by atoms with Crippen LogP contribution >= 0.6 is 0 Å². The Labute approximate surface area is 200 Å². The first-order chi connectivity index (χ1) is 16.5. The van der Waals surface area contributed by atoms with E-state index in [0.717, 1.165) is 24.0 Å². The quantitative estimate of drug-likeness (QED) is 0.499. The maximum atomic E-state index is 13.3. The molecule has 34 heavy (non-hydrogen) atoms. The Morgan fingerprint density at radius 1 is 1.00 bits per heavy atom. The molecule has 1 N–H and O–H groups in total. The number of benzene rings is 2. The van der Waals surface area contributed by atoms with E-state index < -0.39 is 16.0 Å². The molecular weight excluding hydrogens is 450 g/mol. The highest BCUT2D eigenvalue weighted by Crippen LogP contribution is 2.25. The highest BCUT2D eigenvalue weighted by atomic mass is 32.2. The van der Waals surface area contributed by atoms with Gasteiger partial charge in [-0.3, -0.25) is 0 Å². The summed E-state index contributed by atoms with van der Waals surface area (Å²) in [6, 6.07) is 20.5. The second-order valence-corrected chi connectivity index (χ2v) is 10.2. The van der Waals surface area contributed by atoms with Gasteiger partial charge in [-0.15, -0.1) is 0 Å². The van der Waals surface area contributed by atoms with Gasteiger partial charge in [0.2, 0.25) is 10.0 Å². The van der Waals surface area contributed by atoms with Gasteiger partial charge in [0.05, 0.1) is 17.1 Å². The molecule has 4 rings (SSSR count). The molecule has 0 aliphatic carbocycles. The van der Waals surface area contributed by atoms with Crippen molar-refractivity contribution in [1.29, 1.82) is 0 Å². The first kappa shape index (κ1) is 23.9. The number of carbonyl (C=O) groups excluding carboxylic acids is 1. The minimum Gasteiger partial charge on any atom is -0.462 e. The van der Waals surface area contributed by atoms with Gasteiger partial charge in [-0.1, -0.05) is 42.5 Å². The molecule has 1 aliphatic rings. The summed E-state index contributed by atoms with van der Waals surface area (Å²) in [5, 5.41) is 3.37. The van der Waals surface area contributed by atoms with Crippen molar-refractivity contribution in [3.05, 3.63) is 78.5 Å². The van der Waals surface area contributed by atoms with E-state index in [1.807, 2.05) is 42.5 Å². The minimum atomic E-state index is -3.56. The monoisotopic (exact) mass is 479 g/mol. The molecule has 1 fully saturated rings. The topological polar surface area (TPSA) is 88.6 Å². The van der Waals surface area contributed by atoms with E-state index in [0.29, 0.717) is 42.4 Å². The summed E-state index contributed by atoms with van der Waals surface area (Å²) in [7, 11) is -3.56. The van der Waals surface area contributed by atoms with Gasteiger partial charge in [-0.25, -0.2) is 18.2 Å². The summed E-state index contributed by atoms with van der Waals surface area (Å²) < 4.78 is 33.1. The first-order valence-corrected chi connectivity index (χ1v) is 13.0. The third-order valence-electron chi connectivity index (χ3n) is 5.91. The molecule has 1 aromatic heterocycles. The normalized spacial score (nSPS) is 17.0. The number of anilines is 1. The largest absolute Gasteiger partial charge is 0.462 e. The molecule has 3 aromatic rings. The Balaban J connectivity index is 1.38. The Bertz CT molecular complexity index is 1200. The fourth-order valence-electron chi connectivity index (χ4n) is 4.08. The zero-order valence-corrected chi connectivity index (χ0v) is 20.0. The van der Waals surface area contributed by atoms with E-state index in [-0.39, 0.29) is 6.04 Å². The molecule has 8 heteroatoms. The van der Waals surface area contributed by atoms with E-state index in [2.05, 4.69) is 10.3 Å². The van der Waals surface area contributed by atoms with Crippen LogP contribution in [-0.4, -0.2) is 49.4 Å². The van der Waals surface area contributed by atoms with E-state index in [9.17, 15) is 13.2 Å². The summed E-state index contributed by atoms with van der Waals surface area (Å²) >= 11 is 0. The van der Waals surface area contributed by atoms with Crippen LogP contribution in [0.4, 0.5) is 5.82 Å². The number of esters is 1. The SMILES string of the molecule is CCOC(=O)c1ccc(NC2CCCN(S(=O)(=O)c3ccc(-c4ccccc4)cc3)CC2)nc1. The van der Waals surface area contributed by atoms with E-state index in [1.54, 1.807) is 35.5 Å². The van der Waals surface area contributed by atoms with Gasteiger partial charge >= 0.3 is 5.97 Å². The van der Waals surface area contributed by atoms with Crippen LogP contribution in [0.5, 0.6) is 0 Å². The number of hydrogen-bond acceptors (Lipinski definition) is 6. The van der Waals surface area contributed by atoms with Gasteiger partial charge in [-0.2, -0.15) is 4.31 Å². The molecule has 1 saturated heterocycles. The molecule has 1 aliphatic heterocycles. The summed E-state index contributed by atoms with van der Waals surface area (Å²) in [4.78, 5) is 16.4.